The Morgan fingerprint density at radius 2 is 2.31 bits per heavy atom. The summed E-state index contributed by atoms with van der Waals surface area (Å²) in [6, 6.07) is 3.43. The summed E-state index contributed by atoms with van der Waals surface area (Å²) in [4.78, 5) is 15.8. The monoisotopic (exact) mass is 218 g/mol. The molecule has 1 amide bonds. The Balaban J connectivity index is 2.90. The van der Waals surface area contributed by atoms with E-state index >= 15 is 0 Å². The Bertz CT molecular complexity index is 433. The van der Waals surface area contributed by atoms with Crippen molar-refractivity contribution in [2.45, 2.75) is 19.4 Å². The Labute approximate surface area is 95.0 Å². The molecule has 1 heterocycles. The lowest BCUT2D eigenvalue weighted by molar-refractivity contribution is -0.133. The van der Waals surface area contributed by atoms with Gasteiger partial charge in [-0.3, -0.25) is 4.79 Å². The van der Waals surface area contributed by atoms with Gasteiger partial charge >= 0.3 is 0 Å². The fourth-order valence-corrected chi connectivity index (χ4v) is 0.972. The molecule has 0 aliphatic carbocycles. The molecule has 0 spiro atoms. The van der Waals surface area contributed by atoms with Crippen molar-refractivity contribution >= 4 is 11.7 Å². The summed E-state index contributed by atoms with van der Waals surface area (Å²) in [6.45, 7) is 3.33. The molecule has 0 saturated heterocycles. The van der Waals surface area contributed by atoms with E-state index in [1.807, 2.05) is 0 Å². The molecule has 1 rings (SSSR count). The molecule has 4 heteroatoms. The molecule has 0 aliphatic rings. The number of terminal acetylenes is 1. The lowest BCUT2D eigenvalue weighted by Crippen LogP contribution is -2.39. The normalized spacial score (nSPS) is 10.6. The number of hydrogen-bond donors (Lipinski definition) is 1. The van der Waals surface area contributed by atoms with Crippen LogP contribution in [-0.2, 0) is 9.53 Å². The van der Waals surface area contributed by atoms with E-state index in [9.17, 15) is 4.79 Å². The van der Waals surface area contributed by atoms with Gasteiger partial charge in [0.15, 0.2) is 0 Å². The zero-order valence-corrected chi connectivity index (χ0v) is 9.57. The van der Waals surface area contributed by atoms with E-state index in [0.717, 1.165) is 0 Å². The Hall–Kier alpha value is -1.86. The van der Waals surface area contributed by atoms with Gasteiger partial charge in [0.1, 0.15) is 11.4 Å². The van der Waals surface area contributed by atoms with Crippen molar-refractivity contribution < 1.29 is 9.53 Å². The van der Waals surface area contributed by atoms with Gasteiger partial charge in [-0.05, 0) is 26.0 Å². The maximum absolute atomic E-state index is 11.8. The van der Waals surface area contributed by atoms with Crippen LogP contribution in [0.1, 0.15) is 19.4 Å². The summed E-state index contributed by atoms with van der Waals surface area (Å²) in [7, 11) is 1.47. The molecule has 0 atom stereocenters. The molecule has 4 nitrogen and oxygen atoms in total. The third-order valence-corrected chi connectivity index (χ3v) is 2.25. The minimum Gasteiger partial charge on any atom is -0.369 e. The van der Waals surface area contributed by atoms with Gasteiger partial charge in [-0.1, -0.05) is 5.92 Å². The predicted molar refractivity (Wildman–Crippen MR) is 61.9 cm³/mol. The average Bonchev–Trinajstić information content (AvgIpc) is 2.29. The molecular weight excluding hydrogens is 204 g/mol. The topological polar surface area (TPSA) is 51.2 Å². The van der Waals surface area contributed by atoms with E-state index < -0.39 is 5.60 Å². The third kappa shape index (κ3) is 2.59. The van der Waals surface area contributed by atoms with Crippen LogP contribution in [0.2, 0.25) is 0 Å². The minimum atomic E-state index is -0.913. The first-order valence-corrected chi connectivity index (χ1v) is 4.79. The van der Waals surface area contributed by atoms with Crippen LogP contribution in [0.5, 0.6) is 0 Å². The zero-order chi connectivity index (χ0) is 12.2. The van der Waals surface area contributed by atoms with E-state index in [4.69, 9.17) is 11.2 Å². The first-order valence-electron chi connectivity index (χ1n) is 4.79. The number of methoxy groups -OCH3 is 1. The second-order valence-corrected chi connectivity index (χ2v) is 3.71. The average molecular weight is 218 g/mol. The first-order chi connectivity index (χ1) is 7.51. The van der Waals surface area contributed by atoms with Crippen LogP contribution in [0.15, 0.2) is 18.3 Å². The molecule has 1 aromatic heterocycles. The lowest BCUT2D eigenvalue weighted by atomic mass is 10.1. The maximum Gasteiger partial charge on any atom is 0.257 e. The Morgan fingerprint density at radius 3 is 2.88 bits per heavy atom. The number of ether oxygens (including phenoxy) is 1. The van der Waals surface area contributed by atoms with E-state index in [-0.39, 0.29) is 5.91 Å². The molecule has 1 N–H and O–H groups in total. The van der Waals surface area contributed by atoms with Crippen LogP contribution in [0.3, 0.4) is 0 Å². The number of amides is 1. The summed E-state index contributed by atoms with van der Waals surface area (Å²) in [6.07, 6.45) is 6.86. The highest BCUT2D eigenvalue weighted by Gasteiger charge is 2.27. The number of carbonyl (C=O) groups excluding carboxylic acids is 1. The second kappa shape index (κ2) is 4.77. The number of pyridine rings is 1. The van der Waals surface area contributed by atoms with Crippen molar-refractivity contribution in [3.8, 4) is 12.3 Å². The zero-order valence-electron chi connectivity index (χ0n) is 9.57. The summed E-state index contributed by atoms with van der Waals surface area (Å²) in [5.41, 5.74) is -0.369. The van der Waals surface area contributed by atoms with Crippen molar-refractivity contribution in [3.63, 3.8) is 0 Å². The summed E-state index contributed by atoms with van der Waals surface area (Å²) >= 11 is 0. The largest absolute Gasteiger partial charge is 0.369 e. The number of rotatable bonds is 3. The van der Waals surface area contributed by atoms with E-state index in [2.05, 4.69) is 16.2 Å². The molecule has 0 bridgehead atoms. The van der Waals surface area contributed by atoms with Crippen LogP contribution in [0.25, 0.3) is 0 Å². The van der Waals surface area contributed by atoms with Crippen molar-refractivity contribution in [1.29, 1.82) is 0 Å². The SMILES string of the molecule is C#Cc1cccnc1NC(=O)C(C)(C)OC. The first kappa shape index (κ1) is 12.2. The molecule has 84 valence electrons. The lowest BCUT2D eigenvalue weighted by Gasteiger charge is -2.21. The third-order valence-electron chi connectivity index (χ3n) is 2.25. The highest BCUT2D eigenvalue weighted by atomic mass is 16.5. The van der Waals surface area contributed by atoms with Crippen molar-refractivity contribution in [2.75, 3.05) is 12.4 Å². The molecule has 16 heavy (non-hydrogen) atoms. The second-order valence-electron chi connectivity index (χ2n) is 3.71. The fourth-order valence-electron chi connectivity index (χ4n) is 0.972. The van der Waals surface area contributed by atoms with Gasteiger partial charge in [0.2, 0.25) is 0 Å². The van der Waals surface area contributed by atoms with Crippen LogP contribution in [0, 0.1) is 12.3 Å². The van der Waals surface area contributed by atoms with E-state index in [1.54, 1.807) is 32.2 Å². The summed E-state index contributed by atoms with van der Waals surface area (Å²) in [5.74, 6) is 2.54. The van der Waals surface area contributed by atoms with Gasteiger partial charge in [0.25, 0.3) is 5.91 Å². The van der Waals surface area contributed by atoms with Crippen LogP contribution >= 0.6 is 0 Å². The van der Waals surface area contributed by atoms with Gasteiger partial charge in [-0.25, -0.2) is 4.98 Å². The number of aromatic nitrogens is 1. The van der Waals surface area contributed by atoms with Crippen LogP contribution < -0.4 is 5.32 Å². The van der Waals surface area contributed by atoms with Crippen molar-refractivity contribution in [3.05, 3.63) is 23.9 Å². The smallest absolute Gasteiger partial charge is 0.257 e. The highest BCUT2D eigenvalue weighted by Crippen LogP contribution is 2.14. The Kier molecular flexibility index (Phi) is 3.64. The van der Waals surface area contributed by atoms with Crippen molar-refractivity contribution in [1.82, 2.24) is 4.98 Å². The fraction of sp³-hybridized carbons (Fsp3) is 0.333. The van der Waals surface area contributed by atoms with Gasteiger partial charge < -0.3 is 10.1 Å². The highest BCUT2D eigenvalue weighted by molar-refractivity contribution is 5.96. The number of carbonyl (C=O) groups is 1. The van der Waals surface area contributed by atoms with Gasteiger partial charge in [0.05, 0.1) is 5.56 Å². The molecule has 0 aliphatic heterocycles. The molecular formula is C12H14N2O2. The summed E-state index contributed by atoms with van der Waals surface area (Å²) < 4.78 is 5.05. The number of nitrogens with zero attached hydrogens (tertiary/aromatic N) is 1. The van der Waals surface area contributed by atoms with Gasteiger partial charge in [-0.2, -0.15) is 0 Å². The van der Waals surface area contributed by atoms with Gasteiger partial charge in [0, 0.05) is 13.3 Å². The van der Waals surface area contributed by atoms with Gasteiger partial charge in [-0.15, -0.1) is 6.42 Å². The van der Waals surface area contributed by atoms with Crippen molar-refractivity contribution in [2.24, 2.45) is 0 Å². The molecule has 0 saturated carbocycles. The molecule has 0 unspecified atom stereocenters. The maximum atomic E-state index is 11.8. The number of hydrogen-bond acceptors (Lipinski definition) is 3. The number of anilines is 1. The van der Waals surface area contributed by atoms with E-state index in [0.29, 0.717) is 11.4 Å². The molecule has 0 aromatic carbocycles. The molecule has 0 radical (unpaired) electrons. The quantitative estimate of drug-likeness (QED) is 0.781. The number of nitrogens with one attached hydrogen (secondary N) is 1. The van der Waals surface area contributed by atoms with Crippen LogP contribution in [-0.4, -0.2) is 23.6 Å². The predicted octanol–water partition coefficient (Wildman–Crippen LogP) is 1.43. The van der Waals surface area contributed by atoms with E-state index in [1.165, 1.54) is 7.11 Å². The Morgan fingerprint density at radius 1 is 1.62 bits per heavy atom. The van der Waals surface area contributed by atoms with Crippen LogP contribution in [0.4, 0.5) is 5.82 Å². The minimum absolute atomic E-state index is 0.287. The molecule has 1 aromatic rings. The molecule has 0 fully saturated rings. The standard InChI is InChI=1S/C12H14N2O2/c1-5-9-7-6-8-13-10(9)14-11(15)12(2,3)16-4/h1,6-8H,2-4H3,(H,13,14,15). The summed E-state index contributed by atoms with van der Waals surface area (Å²) in [5, 5.41) is 2.64.